The summed E-state index contributed by atoms with van der Waals surface area (Å²) in [6.45, 7) is -0.00670. The Kier molecular flexibility index (Phi) is 5.25. The van der Waals surface area contributed by atoms with E-state index in [0.29, 0.717) is 0 Å². The van der Waals surface area contributed by atoms with Gasteiger partial charge >= 0.3 is 0 Å². The number of hydrogen-bond acceptors (Lipinski definition) is 4. The minimum absolute atomic E-state index is 0.00670. The van der Waals surface area contributed by atoms with Gasteiger partial charge in [-0.2, -0.15) is 0 Å². The van der Waals surface area contributed by atoms with E-state index in [1.165, 1.54) is 6.07 Å². The number of aromatic nitrogens is 1. The summed E-state index contributed by atoms with van der Waals surface area (Å²) in [5, 5.41) is 10.1. The zero-order chi connectivity index (χ0) is 14.8. The third-order valence-electron chi connectivity index (χ3n) is 3.51. The molecule has 2 rings (SSSR count). The first kappa shape index (κ1) is 16.0. The summed E-state index contributed by atoms with van der Waals surface area (Å²) >= 11 is 11.4. The molecule has 1 aromatic heterocycles. The fourth-order valence-corrected chi connectivity index (χ4v) is 3.69. The van der Waals surface area contributed by atoms with Gasteiger partial charge in [0.15, 0.2) is 0 Å². The van der Waals surface area contributed by atoms with Crippen molar-refractivity contribution >= 4 is 33.2 Å². The van der Waals surface area contributed by atoms with Crippen molar-refractivity contribution in [3.05, 3.63) is 22.4 Å². The molecule has 1 fully saturated rings. The van der Waals surface area contributed by atoms with Crippen LogP contribution in [0.3, 0.4) is 0 Å². The third kappa shape index (κ3) is 3.83. The summed E-state index contributed by atoms with van der Waals surface area (Å²) in [5.74, 6) is 0.171. The molecule has 2 N–H and O–H groups in total. The number of aliphatic hydroxyl groups excluding tert-OH is 1. The summed E-state index contributed by atoms with van der Waals surface area (Å²) in [5.41, 5.74) is 0. The SMILES string of the molecule is O=S(=O)(NCC(O)C1CCCC1)c1cnc(Cl)c(Cl)c1. The van der Waals surface area contributed by atoms with Crippen molar-refractivity contribution in [1.82, 2.24) is 9.71 Å². The molecule has 1 heterocycles. The Bertz CT molecular complexity index is 574. The molecule has 0 amide bonds. The number of nitrogens with zero attached hydrogens (tertiary/aromatic N) is 1. The van der Waals surface area contributed by atoms with Gasteiger partial charge in [-0.25, -0.2) is 18.1 Å². The van der Waals surface area contributed by atoms with Gasteiger partial charge in [0.1, 0.15) is 10.0 Å². The maximum Gasteiger partial charge on any atom is 0.242 e. The predicted octanol–water partition coefficient (Wildman–Crippen LogP) is 2.22. The fraction of sp³-hybridized carbons (Fsp3) is 0.583. The van der Waals surface area contributed by atoms with Gasteiger partial charge in [-0.15, -0.1) is 0 Å². The standard InChI is InChI=1S/C12H16Cl2N2O3S/c13-10-5-9(6-15-12(10)14)20(18,19)16-7-11(17)8-3-1-2-4-8/h5-6,8,11,16-17H,1-4,7H2. The van der Waals surface area contributed by atoms with Gasteiger partial charge in [0.2, 0.25) is 10.0 Å². The van der Waals surface area contributed by atoms with Crippen molar-refractivity contribution < 1.29 is 13.5 Å². The molecule has 0 spiro atoms. The van der Waals surface area contributed by atoms with Crippen LogP contribution in [0.5, 0.6) is 0 Å². The van der Waals surface area contributed by atoms with E-state index >= 15 is 0 Å². The van der Waals surface area contributed by atoms with E-state index in [4.69, 9.17) is 23.2 Å². The first-order chi connectivity index (χ1) is 9.40. The number of sulfonamides is 1. The van der Waals surface area contributed by atoms with Crippen LogP contribution in [0.15, 0.2) is 17.2 Å². The summed E-state index contributed by atoms with van der Waals surface area (Å²) in [4.78, 5) is 3.64. The molecule has 0 radical (unpaired) electrons. The van der Waals surface area contributed by atoms with Crippen LogP contribution in [-0.4, -0.2) is 31.2 Å². The normalized spacial score (nSPS) is 18.4. The molecule has 1 unspecified atom stereocenters. The molecule has 0 bridgehead atoms. The lowest BCUT2D eigenvalue weighted by Gasteiger charge is -2.18. The highest BCUT2D eigenvalue weighted by atomic mass is 35.5. The number of halogens is 2. The van der Waals surface area contributed by atoms with Gasteiger partial charge in [0.05, 0.1) is 11.1 Å². The van der Waals surface area contributed by atoms with Crippen LogP contribution in [0.4, 0.5) is 0 Å². The number of pyridine rings is 1. The van der Waals surface area contributed by atoms with Crippen molar-refractivity contribution in [2.24, 2.45) is 5.92 Å². The van der Waals surface area contributed by atoms with Gasteiger partial charge in [0, 0.05) is 12.7 Å². The first-order valence-electron chi connectivity index (χ1n) is 6.39. The van der Waals surface area contributed by atoms with Crippen molar-refractivity contribution in [1.29, 1.82) is 0 Å². The van der Waals surface area contributed by atoms with Crippen LogP contribution in [0, 0.1) is 5.92 Å². The quantitative estimate of drug-likeness (QED) is 0.806. The Morgan fingerprint density at radius 3 is 2.65 bits per heavy atom. The van der Waals surface area contributed by atoms with Crippen LogP contribution in [0.25, 0.3) is 0 Å². The van der Waals surface area contributed by atoms with Crippen LogP contribution >= 0.6 is 23.2 Å². The lowest BCUT2D eigenvalue weighted by atomic mass is 10.0. The lowest BCUT2D eigenvalue weighted by molar-refractivity contribution is 0.115. The monoisotopic (exact) mass is 338 g/mol. The summed E-state index contributed by atoms with van der Waals surface area (Å²) in [7, 11) is -3.74. The zero-order valence-corrected chi connectivity index (χ0v) is 13.0. The molecule has 5 nitrogen and oxygen atoms in total. The van der Waals surface area contributed by atoms with Crippen molar-refractivity contribution in [3.8, 4) is 0 Å². The van der Waals surface area contributed by atoms with Gasteiger partial charge in [-0.3, -0.25) is 0 Å². The van der Waals surface area contributed by atoms with Crippen molar-refractivity contribution in [2.75, 3.05) is 6.54 Å². The highest BCUT2D eigenvalue weighted by Crippen LogP contribution is 2.27. The van der Waals surface area contributed by atoms with Crippen LogP contribution < -0.4 is 4.72 Å². The lowest BCUT2D eigenvalue weighted by Crippen LogP contribution is -2.35. The summed E-state index contributed by atoms with van der Waals surface area (Å²) < 4.78 is 26.5. The zero-order valence-electron chi connectivity index (χ0n) is 10.7. The minimum Gasteiger partial charge on any atom is -0.391 e. The Morgan fingerprint density at radius 1 is 1.40 bits per heavy atom. The van der Waals surface area contributed by atoms with E-state index in [1.54, 1.807) is 0 Å². The molecule has 20 heavy (non-hydrogen) atoms. The molecule has 1 aliphatic rings. The predicted molar refractivity (Wildman–Crippen MR) is 77.4 cm³/mol. The average Bonchev–Trinajstić information content (AvgIpc) is 2.93. The molecule has 1 aromatic rings. The maximum atomic E-state index is 12.1. The van der Waals surface area contributed by atoms with E-state index in [0.717, 1.165) is 31.9 Å². The van der Waals surface area contributed by atoms with Crippen LogP contribution in [0.2, 0.25) is 10.2 Å². The molecular weight excluding hydrogens is 323 g/mol. The number of aliphatic hydroxyl groups is 1. The Labute approximate surface area is 128 Å². The second kappa shape index (κ2) is 6.58. The van der Waals surface area contributed by atoms with Crippen molar-refractivity contribution in [2.45, 2.75) is 36.7 Å². The largest absolute Gasteiger partial charge is 0.391 e. The topological polar surface area (TPSA) is 79.3 Å². The van der Waals surface area contributed by atoms with Crippen molar-refractivity contribution in [3.63, 3.8) is 0 Å². The summed E-state index contributed by atoms with van der Waals surface area (Å²) in [6, 6.07) is 1.24. The van der Waals surface area contributed by atoms with Gasteiger partial charge in [-0.1, -0.05) is 36.0 Å². The van der Waals surface area contributed by atoms with E-state index in [9.17, 15) is 13.5 Å². The maximum absolute atomic E-state index is 12.1. The highest BCUT2D eigenvalue weighted by molar-refractivity contribution is 7.89. The van der Waals surface area contributed by atoms with E-state index in [-0.39, 0.29) is 27.5 Å². The molecule has 0 saturated heterocycles. The molecular formula is C12H16Cl2N2O3S. The fourth-order valence-electron chi connectivity index (χ4n) is 2.34. The highest BCUT2D eigenvalue weighted by Gasteiger charge is 2.25. The molecule has 0 aliphatic heterocycles. The summed E-state index contributed by atoms with van der Waals surface area (Å²) in [6.07, 6.45) is 4.53. The van der Waals surface area contributed by atoms with Crippen LogP contribution in [-0.2, 0) is 10.0 Å². The number of hydrogen-bond donors (Lipinski definition) is 2. The van der Waals surface area contributed by atoms with E-state index in [2.05, 4.69) is 9.71 Å². The Balaban J connectivity index is 2.01. The van der Waals surface area contributed by atoms with E-state index < -0.39 is 16.1 Å². The second-order valence-electron chi connectivity index (χ2n) is 4.91. The molecule has 1 aliphatic carbocycles. The van der Waals surface area contributed by atoms with Gasteiger partial charge in [-0.05, 0) is 24.8 Å². The van der Waals surface area contributed by atoms with Crippen LogP contribution in [0.1, 0.15) is 25.7 Å². The smallest absolute Gasteiger partial charge is 0.242 e. The first-order valence-corrected chi connectivity index (χ1v) is 8.63. The Hall–Kier alpha value is -0.400. The number of nitrogens with one attached hydrogen (secondary N) is 1. The van der Waals surface area contributed by atoms with Gasteiger partial charge in [0.25, 0.3) is 0 Å². The molecule has 0 aromatic carbocycles. The Morgan fingerprint density at radius 2 is 2.05 bits per heavy atom. The third-order valence-corrected chi connectivity index (χ3v) is 5.58. The van der Waals surface area contributed by atoms with E-state index in [1.807, 2.05) is 0 Å². The second-order valence-corrected chi connectivity index (χ2v) is 7.44. The van der Waals surface area contributed by atoms with Gasteiger partial charge < -0.3 is 5.11 Å². The molecule has 8 heteroatoms. The molecule has 1 atom stereocenters. The average molecular weight is 339 g/mol. The number of rotatable bonds is 5. The molecule has 1 saturated carbocycles. The minimum atomic E-state index is -3.74. The molecule has 112 valence electrons.